The Balaban J connectivity index is 0.000000107. The van der Waals surface area contributed by atoms with E-state index < -0.39 is 85.9 Å². The lowest BCUT2D eigenvalue weighted by Gasteiger charge is -2.63. The largest absolute Gasteiger partial charge is 0.504 e. The maximum atomic E-state index is 13.5. The van der Waals surface area contributed by atoms with E-state index in [0.717, 1.165) is 139 Å². The number of ketones is 2. The zero-order valence-electron chi connectivity index (χ0n) is 82.2. The summed E-state index contributed by atoms with van der Waals surface area (Å²) < 4.78 is 60.7. The molecule has 26 rings (SSSR count). The highest BCUT2D eigenvalue weighted by molar-refractivity contribution is 6.09. The van der Waals surface area contributed by atoms with Gasteiger partial charge in [-0.2, -0.15) is 0 Å². The van der Waals surface area contributed by atoms with Crippen molar-refractivity contribution in [2.24, 2.45) is 5.92 Å². The Labute approximate surface area is 836 Å². The van der Waals surface area contributed by atoms with E-state index in [1.807, 2.05) is 147 Å². The number of nitrogens with zero attached hydrogens (tertiary/aromatic N) is 4. The molecule has 0 aromatic heterocycles. The number of likely N-dealkylation sites (tertiary alicyclic amines) is 4. The molecule has 15 unspecified atom stereocenters. The predicted molar refractivity (Wildman–Crippen MR) is 536 cm³/mol. The van der Waals surface area contributed by atoms with Crippen LogP contribution in [0.3, 0.4) is 0 Å². The van der Waals surface area contributed by atoms with Crippen molar-refractivity contribution in [1.82, 2.24) is 19.6 Å². The van der Waals surface area contributed by atoms with Gasteiger partial charge in [0.2, 0.25) is 0 Å². The van der Waals surface area contributed by atoms with Crippen LogP contribution < -0.4 is 47.4 Å². The number of benzene rings is 10. The van der Waals surface area contributed by atoms with Crippen LogP contribution in [-0.2, 0) is 66.5 Å². The third-order valence-electron chi connectivity index (χ3n) is 36.0. The summed E-state index contributed by atoms with van der Waals surface area (Å²) in [4.78, 5) is 87.7. The van der Waals surface area contributed by atoms with Crippen LogP contribution in [0.15, 0.2) is 237 Å². The molecule has 25 heteroatoms. The predicted octanol–water partition coefficient (Wildman–Crippen LogP) is 16.2. The molecule has 742 valence electrons. The number of Topliss-reactive ketones (excluding diaryl/α,β-unsaturated/α-hetero) is 1. The van der Waals surface area contributed by atoms with E-state index in [-0.39, 0.29) is 77.5 Å². The van der Waals surface area contributed by atoms with Crippen molar-refractivity contribution < 1.29 is 102 Å². The van der Waals surface area contributed by atoms with Gasteiger partial charge >= 0.3 is 23.9 Å². The number of carbonyl (C=O) groups is 6. The fourth-order valence-electron chi connectivity index (χ4n) is 28.8. The van der Waals surface area contributed by atoms with Crippen molar-refractivity contribution >= 4 is 41.5 Å². The SMILES string of the molecule is C=C1CC[C@@]2(O)C3Cc4ccc(OC(=O)C(C)c5cccc(C(=O)c6ccccc6)c5)c5c4C2(CCN3C)C1O5.C=C1CC[C@@]2(O)C3Cc4ccc(OC(=O)c5ccc(O)c(OC)c5)c5c4C2(CCN3C)C1O5.CC(C(=O)Oc1ccc2c3c1OC1C(=O)CC[C@@]4(O)C(C2)N(C)CCC314)c1cccc(Oc2ccccc2)c1.CC1CC[C@@]2(O)C3Cc4ccc(OC(=O)/C=C/c5ccccc5)c5c4C2(CCN3C)C1O5. The van der Waals surface area contributed by atoms with Gasteiger partial charge in [-0.3, -0.25) is 19.2 Å². The molecule has 144 heavy (non-hydrogen) atoms. The first-order chi connectivity index (χ1) is 69.3. The number of phenols is 1. The number of piperidine rings is 4. The Hall–Kier alpha value is -13.1. The molecule has 19 atom stereocenters. The lowest BCUT2D eigenvalue weighted by molar-refractivity contribution is -0.191. The molecule has 0 radical (unpaired) electrons. The topological polar surface area (TPSA) is 309 Å². The van der Waals surface area contributed by atoms with Crippen molar-refractivity contribution in [3.8, 4) is 69.0 Å². The van der Waals surface area contributed by atoms with Gasteiger partial charge in [0.25, 0.3) is 0 Å². The molecule has 5 N–H and O–H groups in total. The van der Waals surface area contributed by atoms with E-state index in [4.69, 9.17) is 47.4 Å². The second-order valence-electron chi connectivity index (χ2n) is 43.0. The van der Waals surface area contributed by atoms with Gasteiger partial charge in [0.05, 0.1) is 68.6 Å². The summed E-state index contributed by atoms with van der Waals surface area (Å²) in [5, 5.41) is 58.5. The lowest BCUT2D eigenvalue weighted by Crippen LogP contribution is -2.76. The van der Waals surface area contributed by atoms with Gasteiger partial charge in [0.15, 0.2) is 75.2 Å². The molecule has 16 aliphatic rings. The molecule has 8 fully saturated rings. The number of likely N-dealkylation sites (N-methyl/N-ethyl adjacent to an activating group) is 4. The van der Waals surface area contributed by atoms with Crippen LogP contribution in [0.1, 0.15) is 197 Å². The molecule has 25 nitrogen and oxygen atoms in total. The fourth-order valence-corrected chi connectivity index (χ4v) is 28.8. The summed E-state index contributed by atoms with van der Waals surface area (Å²) in [7, 11) is 9.76. The Bertz CT molecular complexity index is 7010. The molecule has 10 aromatic rings. The number of methoxy groups -OCH3 is 1. The standard InChI is InChI=1S/C34H33NO5.C32H31NO6.C27H29NO4.C26H27NO6/c1-20-14-15-34(38)27-19-24-12-13-26(30-28(24)33(34,31(20)40-30)16-17-35(27)3)39-32(37)21(2)23-10-7-11-25(18-23)29(36)22-8-5-4-6-9-22;1-19(20-7-6-10-23(17-20)37-22-8-4-3-5-9-22)30(35)38-25-12-11-21-18-26-32(36)14-13-24(34)29-31(32,15-16-33(26)2)27(21)28(25)39-29;1-17-12-13-27(30)21-16-19-9-10-20(31-22(29)11-8-18-6-4-3-5-7-18)24-23(19)26(27,25(17)32-24)14-15-28(21)2;1-14-8-9-26(30)20-13-15-5-7-18(32-24(29)16-4-6-17(28)19(12-16)31-3)22-21(15)25(26,23(14)33-22)10-11-27(20)2/h4-13,18,21,27,31,38H,1,14-17,19H2,2-3H3;3-12,17,19,26,29,36H,13-16,18H2,1-2H3;3-11,17,21,25,30H,12-16H2,1-2H3;4-7,12,20,23,28,30H,1,8-11,13H2,2-3H3/b;;11-8+;/t21?,27?,31?,33?,34-;19?,26?,29?,31?,32-;17?,21?,25?,26?,27-;20?,23?,25?,26-/m1111/s1. The molecule has 0 amide bonds. The number of ether oxygens (including phenoxy) is 10. The number of carbonyl (C=O) groups excluding carboxylic acids is 6. The van der Waals surface area contributed by atoms with Crippen LogP contribution in [0.4, 0.5) is 0 Å². The minimum atomic E-state index is -1.06. The Kier molecular flexibility index (Phi) is 23.1. The van der Waals surface area contributed by atoms with E-state index in [9.17, 15) is 54.3 Å². The maximum absolute atomic E-state index is 13.5. The Morgan fingerprint density at radius 2 is 0.840 bits per heavy atom. The lowest BCUT2D eigenvalue weighted by atomic mass is 9.48. The number of phenolic OH excluding ortho intramolecular Hbond substituents is 1. The van der Waals surface area contributed by atoms with Crippen LogP contribution in [0.25, 0.3) is 6.08 Å². The second-order valence-corrected chi connectivity index (χ2v) is 43.0. The monoisotopic (exact) mass is 1940 g/mol. The Morgan fingerprint density at radius 1 is 0.424 bits per heavy atom. The van der Waals surface area contributed by atoms with Gasteiger partial charge in [-0.05, 0) is 299 Å². The zero-order valence-corrected chi connectivity index (χ0v) is 82.2. The molecule has 8 aliphatic heterocycles. The molecular formula is C119H120N4O21. The fraction of sp³-hybridized carbons (Fsp3) is 0.395. The first kappa shape index (κ1) is 94.5. The molecule has 4 saturated carbocycles. The van der Waals surface area contributed by atoms with Gasteiger partial charge in [-0.15, -0.1) is 0 Å². The third kappa shape index (κ3) is 14.1. The first-order valence-electron chi connectivity index (χ1n) is 50.7. The summed E-state index contributed by atoms with van der Waals surface area (Å²) in [6.07, 6.45) is 12.7. The minimum absolute atomic E-state index is 0.00732. The summed E-state index contributed by atoms with van der Waals surface area (Å²) in [6.45, 7) is 17.8. The third-order valence-corrected chi connectivity index (χ3v) is 36.0. The van der Waals surface area contributed by atoms with Crippen LogP contribution in [0.2, 0.25) is 0 Å². The highest BCUT2D eigenvalue weighted by Crippen LogP contribution is 2.72. The van der Waals surface area contributed by atoms with Crippen LogP contribution in [-0.4, -0.2) is 213 Å². The number of aromatic hydroxyl groups is 1. The van der Waals surface area contributed by atoms with Gasteiger partial charge in [-0.1, -0.05) is 154 Å². The van der Waals surface area contributed by atoms with Crippen molar-refractivity contribution in [2.75, 3.05) is 61.5 Å². The second kappa shape index (κ2) is 35.1. The smallest absolute Gasteiger partial charge is 0.343 e. The van der Waals surface area contributed by atoms with Gasteiger partial charge < -0.3 is 92.5 Å². The minimum Gasteiger partial charge on any atom is -0.504 e. The van der Waals surface area contributed by atoms with Crippen LogP contribution in [0, 0.1) is 5.92 Å². The van der Waals surface area contributed by atoms with Crippen molar-refractivity contribution in [3.63, 3.8) is 0 Å². The first-order valence-corrected chi connectivity index (χ1v) is 50.7. The molecule has 4 spiro atoms. The number of aliphatic hydroxyl groups is 4. The number of hydrogen-bond donors (Lipinski definition) is 5. The van der Waals surface area contributed by atoms with E-state index >= 15 is 0 Å². The molecule has 8 aliphatic carbocycles. The van der Waals surface area contributed by atoms with E-state index in [1.165, 1.54) is 36.9 Å². The number of para-hydroxylation sites is 1. The van der Waals surface area contributed by atoms with Crippen molar-refractivity contribution in [3.05, 3.63) is 315 Å². The number of hydrogen-bond acceptors (Lipinski definition) is 25. The normalized spacial score (nSPS) is 30.9. The zero-order chi connectivity index (χ0) is 100.0. The quantitative estimate of drug-likeness (QED) is 0.0197. The molecule has 8 bridgehead atoms. The number of esters is 4. The van der Waals surface area contributed by atoms with Crippen molar-refractivity contribution in [1.29, 1.82) is 0 Å². The van der Waals surface area contributed by atoms with Crippen molar-refractivity contribution in [2.45, 2.75) is 228 Å². The summed E-state index contributed by atoms with van der Waals surface area (Å²) in [5.41, 5.74) is 8.14. The maximum Gasteiger partial charge on any atom is 0.343 e. The summed E-state index contributed by atoms with van der Waals surface area (Å²) >= 11 is 0. The molecule has 4 saturated heterocycles. The summed E-state index contributed by atoms with van der Waals surface area (Å²) in [6, 6.07) is 62.5. The summed E-state index contributed by atoms with van der Waals surface area (Å²) in [5.74, 6) is 2.40. The highest BCUT2D eigenvalue weighted by atomic mass is 16.6. The van der Waals surface area contributed by atoms with Crippen LogP contribution in [0.5, 0.6) is 69.0 Å². The van der Waals surface area contributed by atoms with E-state index in [1.54, 1.807) is 62.4 Å². The van der Waals surface area contributed by atoms with Crippen LogP contribution >= 0.6 is 0 Å². The average molecular weight is 1940 g/mol. The van der Waals surface area contributed by atoms with E-state index in [2.05, 4.69) is 66.9 Å². The van der Waals surface area contributed by atoms with E-state index in [0.29, 0.717) is 125 Å². The highest BCUT2D eigenvalue weighted by Gasteiger charge is 2.77. The molecule has 8 heterocycles. The van der Waals surface area contributed by atoms with Gasteiger partial charge in [0, 0.05) is 70.0 Å². The Morgan fingerprint density at radius 3 is 1.35 bits per heavy atom. The molecular weight excluding hydrogens is 1820 g/mol. The average Bonchev–Trinajstić information content (AvgIpc) is 1.51. The number of rotatable bonds is 16. The molecule has 10 aromatic carbocycles. The van der Waals surface area contributed by atoms with Gasteiger partial charge in [-0.25, -0.2) is 9.59 Å². The van der Waals surface area contributed by atoms with Gasteiger partial charge in [0.1, 0.15) is 29.8 Å².